The van der Waals surface area contributed by atoms with E-state index in [0.29, 0.717) is 13.0 Å². The van der Waals surface area contributed by atoms with Gasteiger partial charge in [-0.15, -0.1) is 0 Å². The summed E-state index contributed by atoms with van der Waals surface area (Å²) in [6.07, 6.45) is 4.12. The molecule has 6 nitrogen and oxygen atoms in total. The van der Waals surface area contributed by atoms with Crippen LogP contribution in [0.5, 0.6) is 0 Å². The van der Waals surface area contributed by atoms with Crippen molar-refractivity contribution in [2.24, 2.45) is 5.41 Å². The van der Waals surface area contributed by atoms with Crippen LogP contribution in [0.4, 0.5) is 0 Å². The first kappa shape index (κ1) is 27.9. The highest BCUT2D eigenvalue weighted by molar-refractivity contribution is 5.83. The third-order valence-electron chi connectivity index (χ3n) is 6.54. The molecule has 0 bridgehead atoms. The summed E-state index contributed by atoms with van der Waals surface area (Å²) in [5.74, 6) is -0.115. The summed E-state index contributed by atoms with van der Waals surface area (Å²) in [5.41, 5.74) is -1.53. The molecule has 2 amide bonds. The monoisotopic (exact) mass is 414 g/mol. The summed E-state index contributed by atoms with van der Waals surface area (Å²) >= 11 is 0. The normalized spacial score (nSPS) is 18.3. The molecule has 172 valence electrons. The minimum absolute atomic E-state index is 0.0572. The van der Waals surface area contributed by atoms with Gasteiger partial charge in [-0.25, -0.2) is 0 Å². The first-order chi connectivity index (χ1) is 13.2. The number of carbonyl (C=O) groups excluding carboxylic acids is 2. The van der Waals surface area contributed by atoms with Crippen LogP contribution in [0.2, 0.25) is 0 Å². The second-order valence-corrected chi connectivity index (χ2v) is 9.72. The molecule has 0 aliphatic heterocycles. The quantitative estimate of drug-likeness (QED) is 0.446. The van der Waals surface area contributed by atoms with E-state index in [-0.39, 0.29) is 35.0 Å². The number of methoxy groups -OCH3 is 2. The fraction of sp³-hybridized carbons (Fsp3) is 0.913. The summed E-state index contributed by atoms with van der Waals surface area (Å²) < 4.78 is 11.2. The van der Waals surface area contributed by atoms with E-state index in [9.17, 15) is 9.59 Å². The zero-order chi connectivity index (χ0) is 22.9. The van der Waals surface area contributed by atoms with E-state index in [1.807, 2.05) is 20.8 Å². The van der Waals surface area contributed by atoms with Crippen LogP contribution in [0.1, 0.15) is 93.9 Å². The molecule has 6 heteroatoms. The van der Waals surface area contributed by atoms with Crippen LogP contribution in [0.25, 0.3) is 0 Å². The predicted octanol–water partition coefficient (Wildman–Crippen LogP) is 4.21. The molecule has 0 spiro atoms. The van der Waals surface area contributed by atoms with Crippen LogP contribution >= 0.6 is 0 Å². The smallest absolute Gasteiger partial charge is 0.225 e. The Morgan fingerprint density at radius 3 is 1.69 bits per heavy atom. The average Bonchev–Trinajstić information content (AvgIpc) is 2.67. The van der Waals surface area contributed by atoms with E-state index in [4.69, 9.17) is 9.47 Å². The number of hydrogen-bond donors (Lipinski definition) is 2. The lowest BCUT2D eigenvalue weighted by Crippen LogP contribution is -2.51. The summed E-state index contributed by atoms with van der Waals surface area (Å²) in [7, 11) is 3.39. The van der Waals surface area contributed by atoms with Gasteiger partial charge in [0, 0.05) is 38.1 Å². The van der Waals surface area contributed by atoms with Gasteiger partial charge in [0.1, 0.15) is 0 Å². The van der Waals surface area contributed by atoms with E-state index in [1.54, 1.807) is 14.2 Å². The minimum atomic E-state index is -0.573. The van der Waals surface area contributed by atoms with Crippen molar-refractivity contribution in [3.63, 3.8) is 0 Å². The van der Waals surface area contributed by atoms with Gasteiger partial charge >= 0.3 is 0 Å². The Morgan fingerprint density at radius 2 is 1.28 bits per heavy atom. The van der Waals surface area contributed by atoms with Gasteiger partial charge in [-0.05, 0) is 52.9 Å². The van der Waals surface area contributed by atoms with Gasteiger partial charge in [0.05, 0.1) is 11.2 Å². The second kappa shape index (κ2) is 11.3. The van der Waals surface area contributed by atoms with Crippen LogP contribution in [-0.4, -0.2) is 49.3 Å². The van der Waals surface area contributed by atoms with Crippen molar-refractivity contribution in [1.82, 2.24) is 10.6 Å². The third kappa shape index (κ3) is 9.04. The fourth-order valence-corrected chi connectivity index (χ4v) is 3.71. The topological polar surface area (TPSA) is 76.7 Å². The Kier molecular flexibility index (Phi) is 10.9. The van der Waals surface area contributed by atoms with Crippen LogP contribution in [0.3, 0.4) is 0 Å². The Balaban J connectivity index is 4.72. The summed E-state index contributed by atoms with van der Waals surface area (Å²) in [4.78, 5) is 25.2. The zero-order valence-corrected chi connectivity index (χ0v) is 20.6. The molecule has 0 radical (unpaired) electrons. The standard InChI is InChI=1S/C23H46N2O4/c1-11-21(6,17-23(8,13-3)29-10)25-18(26)14-15-24-19(27)20(4,5)16-22(7,12-2)28-9/h11-17H2,1-10H3,(H,24,27)(H,25,26). The van der Waals surface area contributed by atoms with Crippen LogP contribution in [0, 0.1) is 5.41 Å². The highest BCUT2D eigenvalue weighted by atomic mass is 16.5. The number of ether oxygens (including phenoxy) is 2. The maximum Gasteiger partial charge on any atom is 0.225 e. The first-order valence-corrected chi connectivity index (χ1v) is 10.9. The minimum Gasteiger partial charge on any atom is -0.379 e. The highest BCUT2D eigenvalue weighted by Gasteiger charge is 2.37. The molecule has 0 aliphatic carbocycles. The molecule has 0 aromatic carbocycles. The first-order valence-electron chi connectivity index (χ1n) is 10.9. The predicted molar refractivity (Wildman–Crippen MR) is 119 cm³/mol. The fourth-order valence-electron chi connectivity index (χ4n) is 3.71. The van der Waals surface area contributed by atoms with Gasteiger partial charge in [-0.3, -0.25) is 9.59 Å². The molecule has 0 aliphatic rings. The number of rotatable bonds is 14. The lowest BCUT2D eigenvalue weighted by molar-refractivity contribution is -0.134. The summed E-state index contributed by atoms with van der Waals surface area (Å²) in [5, 5.41) is 6.07. The van der Waals surface area contributed by atoms with Crippen molar-refractivity contribution in [3.05, 3.63) is 0 Å². The molecular weight excluding hydrogens is 368 g/mol. The number of nitrogens with one attached hydrogen (secondary N) is 2. The molecule has 3 atom stereocenters. The Bertz CT molecular complexity index is 525. The summed E-state index contributed by atoms with van der Waals surface area (Å²) in [6, 6.07) is 0. The molecule has 29 heavy (non-hydrogen) atoms. The Labute approximate surface area is 178 Å². The second-order valence-electron chi connectivity index (χ2n) is 9.72. The van der Waals surface area contributed by atoms with Gasteiger partial charge in [-0.2, -0.15) is 0 Å². The van der Waals surface area contributed by atoms with Gasteiger partial charge < -0.3 is 20.1 Å². The van der Waals surface area contributed by atoms with E-state index in [0.717, 1.165) is 25.7 Å². The Hall–Kier alpha value is -1.14. The molecule has 0 rings (SSSR count). The molecule has 3 unspecified atom stereocenters. The molecule has 0 aromatic rings. The van der Waals surface area contributed by atoms with E-state index in [2.05, 4.69) is 45.3 Å². The molecule has 2 N–H and O–H groups in total. The van der Waals surface area contributed by atoms with E-state index >= 15 is 0 Å². The Morgan fingerprint density at radius 1 is 0.793 bits per heavy atom. The lowest BCUT2D eigenvalue weighted by atomic mass is 9.79. The van der Waals surface area contributed by atoms with Crippen molar-refractivity contribution in [2.45, 2.75) is 111 Å². The number of carbonyl (C=O) groups is 2. The van der Waals surface area contributed by atoms with Gasteiger partial charge in [-0.1, -0.05) is 34.6 Å². The van der Waals surface area contributed by atoms with Gasteiger partial charge in [0.2, 0.25) is 11.8 Å². The molecule has 0 fully saturated rings. The van der Waals surface area contributed by atoms with Gasteiger partial charge in [0.25, 0.3) is 0 Å². The maximum absolute atomic E-state index is 12.6. The molecule has 0 saturated carbocycles. The molecule has 0 aromatic heterocycles. The van der Waals surface area contributed by atoms with Crippen molar-refractivity contribution in [3.8, 4) is 0 Å². The lowest BCUT2D eigenvalue weighted by Gasteiger charge is -2.38. The van der Waals surface area contributed by atoms with Crippen LogP contribution in [0.15, 0.2) is 0 Å². The summed E-state index contributed by atoms with van der Waals surface area (Å²) in [6.45, 7) is 16.5. The SMILES string of the molecule is CCC(C)(CC(C)(CC)OC)NC(=O)CCNC(=O)C(C)(C)CC(C)(CC)OC. The number of amides is 2. The van der Waals surface area contributed by atoms with Crippen molar-refractivity contribution < 1.29 is 19.1 Å². The van der Waals surface area contributed by atoms with E-state index < -0.39 is 5.41 Å². The molecular formula is C23H46N2O4. The average molecular weight is 415 g/mol. The zero-order valence-electron chi connectivity index (χ0n) is 20.6. The maximum atomic E-state index is 12.6. The van der Waals surface area contributed by atoms with Crippen molar-refractivity contribution in [1.29, 1.82) is 0 Å². The molecule has 0 heterocycles. The highest BCUT2D eigenvalue weighted by Crippen LogP contribution is 2.32. The number of hydrogen-bond acceptors (Lipinski definition) is 4. The van der Waals surface area contributed by atoms with Crippen LogP contribution in [-0.2, 0) is 19.1 Å². The van der Waals surface area contributed by atoms with Crippen molar-refractivity contribution >= 4 is 11.8 Å². The van der Waals surface area contributed by atoms with Crippen LogP contribution < -0.4 is 10.6 Å². The van der Waals surface area contributed by atoms with Gasteiger partial charge in [0.15, 0.2) is 0 Å². The van der Waals surface area contributed by atoms with Crippen molar-refractivity contribution in [2.75, 3.05) is 20.8 Å². The van der Waals surface area contributed by atoms with E-state index in [1.165, 1.54) is 0 Å². The molecule has 0 saturated heterocycles. The largest absolute Gasteiger partial charge is 0.379 e. The third-order valence-corrected chi connectivity index (χ3v) is 6.54.